The maximum Gasteiger partial charge on any atom is 0.251 e. The van der Waals surface area contributed by atoms with Gasteiger partial charge in [-0.05, 0) is 55.7 Å². The van der Waals surface area contributed by atoms with Crippen LogP contribution in [0.3, 0.4) is 0 Å². The highest BCUT2D eigenvalue weighted by Crippen LogP contribution is 2.25. The number of benzene rings is 2. The molecule has 160 valence electrons. The van der Waals surface area contributed by atoms with E-state index in [4.69, 9.17) is 4.74 Å². The monoisotopic (exact) mass is 417 g/mol. The first-order valence-electron chi connectivity index (χ1n) is 9.94. The van der Waals surface area contributed by atoms with E-state index in [1.165, 1.54) is 6.07 Å². The largest absolute Gasteiger partial charge is 0.494 e. The van der Waals surface area contributed by atoms with Crippen molar-refractivity contribution in [1.82, 2.24) is 10.6 Å². The smallest absolute Gasteiger partial charge is 0.251 e. The van der Waals surface area contributed by atoms with Gasteiger partial charge in [-0.3, -0.25) is 9.59 Å². The standard InChI is InChI=1S/C22H25F2N3O3/c1-2-30-18-6-3-16(4-7-18)22(29)26-13-21(28)25-12-15-9-10-27(14-15)17-5-8-19(23)20(24)11-17/h3-8,11,15H,2,9-10,12-14H2,1H3,(H,25,28)(H,26,29). The fraction of sp³-hybridized carbons (Fsp3) is 0.364. The first-order chi connectivity index (χ1) is 14.5. The van der Waals surface area contributed by atoms with Crippen molar-refractivity contribution < 1.29 is 23.1 Å². The highest BCUT2D eigenvalue weighted by atomic mass is 19.2. The maximum absolute atomic E-state index is 13.4. The van der Waals surface area contributed by atoms with Crippen LogP contribution in [-0.2, 0) is 4.79 Å². The van der Waals surface area contributed by atoms with E-state index < -0.39 is 11.6 Å². The number of carbonyl (C=O) groups is 2. The van der Waals surface area contributed by atoms with E-state index in [2.05, 4.69) is 10.6 Å². The van der Waals surface area contributed by atoms with Gasteiger partial charge in [0, 0.05) is 37.0 Å². The molecule has 0 radical (unpaired) electrons. The summed E-state index contributed by atoms with van der Waals surface area (Å²) < 4.78 is 31.8. The molecule has 6 nitrogen and oxygen atoms in total. The summed E-state index contributed by atoms with van der Waals surface area (Å²) in [6, 6.07) is 10.6. The van der Waals surface area contributed by atoms with Crippen molar-refractivity contribution in [3.8, 4) is 5.75 Å². The van der Waals surface area contributed by atoms with Crippen LogP contribution in [0.15, 0.2) is 42.5 Å². The average Bonchev–Trinajstić information content (AvgIpc) is 3.22. The molecule has 1 heterocycles. The summed E-state index contributed by atoms with van der Waals surface area (Å²) in [5.41, 5.74) is 1.08. The molecule has 2 N–H and O–H groups in total. The second-order valence-corrected chi connectivity index (χ2v) is 7.14. The van der Waals surface area contributed by atoms with Crippen molar-refractivity contribution in [1.29, 1.82) is 0 Å². The number of carbonyl (C=O) groups excluding carboxylic acids is 2. The van der Waals surface area contributed by atoms with E-state index in [1.54, 1.807) is 30.3 Å². The molecule has 0 aromatic heterocycles. The van der Waals surface area contributed by atoms with Gasteiger partial charge in [0.1, 0.15) is 5.75 Å². The third-order valence-electron chi connectivity index (χ3n) is 4.98. The zero-order chi connectivity index (χ0) is 21.5. The second kappa shape index (κ2) is 10.0. The van der Waals surface area contributed by atoms with E-state index in [1.807, 2.05) is 11.8 Å². The number of anilines is 1. The summed E-state index contributed by atoms with van der Waals surface area (Å²) in [4.78, 5) is 26.2. The fourth-order valence-electron chi connectivity index (χ4n) is 3.37. The van der Waals surface area contributed by atoms with Crippen molar-refractivity contribution >= 4 is 17.5 Å². The van der Waals surface area contributed by atoms with E-state index in [0.29, 0.717) is 43.2 Å². The number of nitrogens with one attached hydrogen (secondary N) is 2. The molecule has 0 spiro atoms. The van der Waals surface area contributed by atoms with Gasteiger partial charge in [0.25, 0.3) is 5.91 Å². The summed E-state index contributed by atoms with van der Waals surface area (Å²) in [6.45, 7) is 4.11. The lowest BCUT2D eigenvalue weighted by atomic mass is 10.1. The van der Waals surface area contributed by atoms with Crippen molar-refractivity contribution in [2.75, 3.05) is 37.7 Å². The van der Waals surface area contributed by atoms with Crippen LogP contribution in [-0.4, -0.2) is 44.6 Å². The van der Waals surface area contributed by atoms with E-state index in [-0.39, 0.29) is 24.3 Å². The molecule has 1 atom stereocenters. The van der Waals surface area contributed by atoms with Crippen molar-refractivity contribution in [3.05, 3.63) is 59.7 Å². The third kappa shape index (κ3) is 5.68. The molecule has 1 saturated heterocycles. The van der Waals surface area contributed by atoms with E-state index in [0.717, 1.165) is 12.5 Å². The molecule has 1 aliphatic heterocycles. The zero-order valence-corrected chi connectivity index (χ0v) is 16.8. The predicted molar refractivity (Wildman–Crippen MR) is 110 cm³/mol. The fourth-order valence-corrected chi connectivity index (χ4v) is 3.37. The van der Waals surface area contributed by atoms with Crippen LogP contribution in [0.5, 0.6) is 5.75 Å². The van der Waals surface area contributed by atoms with Gasteiger partial charge in [-0.2, -0.15) is 0 Å². The SMILES string of the molecule is CCOc1ccc(C(=O)NCC(=O)NCC2CCN(c3ccc(F)c(F)c3)C2)cc1. The Balaban J connectivity index is 1.39. The summed E-state index contributed by atoms with van der Waals surface area (Å²) in [5.74, 6) is -1.47. The van der Waals surface area contributed by atoms with Crippen LogP contribution in [0, 0.1) is 17.6 Å². The summed E-state index contributed by atoms with van der Waals surface area (Å²) in [7, 11) is 0. The van der Waals surface area contributed by atoms with Gasteiger partial charge in [0.15, 0.2) is 11.6 Å². The topological polar surface area (TPSA) is 70.7 Å². The Morgan fingerprint density at radius 3 is 2.57 bits per heavy atom. The van der Waals surface area contributed by atoms with E-state index in [9.17, 15) is 18.4 Å². The molecule has 1 unspecified atom stereocenters. The lowest BCUT2D eigenvalue weighted by molar-refractivity contribution is -0.120. The van der Waals surface area contributed by atoms with Gasteiger partial charge >= 0.3 is 0 Å². The van der Waals surface area contributed by atoms with Crippen LogP contribution >= 0.6 is 0 Å². The Morgan fingerprint density at radius 1 is 1.10 bits per heavy atom. The Kier molecular flexibility index (Phi) is 7.21. The zero-order valence-electron chi connectivity index (χ0n) is 16.8. The van der Waals surface area contributed by atoms with E-state index >= 15 is 0 Å². The van der Waals surface area contributed by atoms with Gasteiger partial charge in [0.05, 0.1) is 13.2 Å². The number of rotatable bonds is 8. The van der Waals surface area contributed by atoms with Gasteiger partial charge in [-0.1, -0.05) is 0 Å². The molecule has 0 aliphatic carbocycles. The molecular formula is C22H25F2N3O3. The minimum Gasteiger partial charge on any atom is -0.494 e. The van der Waals surface area contributed by atoms with Crippen LogP contribution < -0.4 is 20.3 Å². The van der Waals surface area contributed by atoms with Gasteiger partial charge in [-0.15, -0.1) is 0 Å². The Morgan fingerprint density at radius 2 is 1.87 bits per heavy atom. The number of ether oxygens (including phenoxy) is 1. The predicted octanol–water partition coefficient (Wildman–Crippen LogP) is 2.74. The van der Waals surface area contributed by atoms with Gasteiger partial charge in [0.2, 0.25) is 5.91 Å². The first-order valence-corrected chi connectivity index (χ1v) is 9.94. The molecule has 1 aliphatic rings. The minimum atomic E-state index is -0.868. The molecule has 0 bridgehead atoms. The Hall–Kier alpha value is -3.16. The van der Waals surface area contributed by atoms with Gasteiger partial charge < -0.3 is 20.3 Å². The van der Waals surface area contributed by atoms with Crippen LogP contribution in [0.2, 0.25) is 0 Å². The second-order valence-electron chi connectivity index (χ2n) is 7.14. The summed E-state index contributed by atoms with van der Waals surface area (Å²) in [6.07, 6.45) is 0.831. The molecule has 2 aromatic carbocycles. The first kappa shape index (κ1) is 21.5. The average molecular weight is 417 g/mol. The lowest BCUT2D eigenvalue weighted by Crippen LogP contribution is -2.39. The molecule has 0 saturated carbocycles. The van der Waals surface area contributed by atoms with Crippen molar-refractivity contribution in [2.24, 2.45) is 5.92 Å². The van der Waals surface area contributed by atoms with Crippen LogP contribution in [0.1, 0.15) is 23.7 Å². The molecular weight excluding hydrogens is 392 g/mol. The molecule has 2 amide bonds. The Labute approximate surface area is 174 Å². The van der Waals surface area contributed by atoms with Crippen LogP contribution in [0.25, 0.3) is 0 Å². The number of halogens is 2. The van der Waals surface area contributed by atoms with Crippen molar-refractivity contribution in [3.63, 3.8) is 0 Å². The van der Waals surface area contributed by atoms with Gasteiger partial charge in [-0.25, -0.2) is 8.78 Å². The summed E-state index contributed by atoms with van der Waals surface area (Å²) >= 11 is 0. The highest BCUT2D eigenvalue weighted by molar-refractivity contribution is 5.96. The lowest BCUT2D eigenvalue weighted by Gasteiger charge is -2.19. The van der Waals surface area contributed by atoms with Crippen LogP contribution in [0.4, 0.5) is 14.5 Å². The number of hydrogen-bond donors (Lipinski definition) is 2. The molecule has 3 rings (SSSR count). The molecule has 1 fully saturated rings. The number of amides is 2. The number of hydrogen-bond acceptors (Lipinski definition) is 4. The minimum absolute atomic E-state index is 0.119. The highest BCUT2D eigenvalue weighted by Gasteiger charge is 2.23. The Bertz CT molecular complexity index is 890. The normalized spacial score (nSPS) is 15.7. The molecule has 2 aromatic rings. The molecule has 30 heavy (non-hydrogen) atoms. The quantitative estimate of drug-likeness (QED) is 0.693. The number of nitrogens with zero attached hydrogens (tertiary/aromatic N) is 1. The summed E-state index contributed by atoms with van der Waals surface area (Å²) in [5, 5.41) is 5.41. The maximum atomic E-state index is 13.4. The van der Waals surface area contributed by atoms with Crippen molar-refractivity contribution in [2.45, 2.75) is 13.3 Å². The third-order valence-corrected chi connectivity index (χ3v) is 4.98. The molecule has 8 heteroatoms.